The monoisotopic (exact) mass is 226 g/mol. The highest BCUT2D eigenvalue weighted by Crippen LogP contribution is 2.37. The average Bonchev–Trinajstić information content (AvgIpc) is 3.07. The van der Waals surface area contributed by atoms with Gasteiger partial charge in [-0.3, -0.25) is 5.10 Å². The van der Waals surface area contributed by atoms with E-state index in [0.717, 1.165) is 22.9 Å². The van der Waals surface area contributed by atoms with Gasteiger partial charge < -0.3 is 5.73 Å². The fourth-order valence-corrected chi connectivity index (χ4v) is 1.74. The molecule has 0 spiro atoms. The number of H-pyrrole nitrogens is 1. The Bertz CT molecular complexity index is 552. The van der Waals surface area contributed by atoms with E-state index in [1.165, 1.54) is 12.8 Å². The van der Waals surface area contributed by atoms with E-state index in [2.05, 4.69) is 15.2 Å². The van der Waals surface area contributed by atoms with Crippen molar-refractivity contribution in [3.8, 4) is 0 Å². The van der Waals surface area contributed by atoms with Gasteiger partial charge in [-0.15, -0.1) is 0 Å². The van der Waals surface area contributed by atoms with Gasteiger partial charge in [0.15, 0.2) is 5.82 Å². The Morgan fingerprint density at radius 2 is 2.18 bits per heavy atom. The molecule has 3 rings (SSSR count). The van der Waals surface area contributed by atoms with Crippen LogP contribution in [0.1, 0.15) is 36.0 Å². The second kappa shape index (κ2) is 4.05. The molecule has 1 saturated carbocycles. The first-order valence-electron chi connectivity index (χ1n) is 5.77. The van der Waals surface area contributed by atoms with Gasteiger partial charge in [-0.2, -0.15) is 5.10 Å². The molecule has 0 unspecified atom stereocenters. The number of rotatable bonds is 3. The first kappa shape index (κ1) is 10.1. The number of hydrogen-bond acceptors (Lipinski definition) is 3. The summed E-state index contributed by atoms with van der Waals surface area (Å²) < 4.78 is 0. The number of hydrogen-bond donors (Lipinski definition) is 2. The zero-order valence-corrected chi connectivity index (χ0v) is 9.43. The fraction of sp³-hybridized carbons (Fsp3) is 0.231. The van der Waals surface area contributed by atoms with Gasteiger partial charge >= 0.3 is 0 Å². The second-order valence-electron chi connectivity index (χ2n) is 4.36. The molecule has 0 bridgehead atoms. The minimum absolute atomic E-state index is 0.608. The molecule has 1 aliphatic rings. The van der Waals surface area contributed by atoms with E-state index in [4.69, 9.17) is 5.73 Å². The lowest BCUT2D eigenvalue weighted by Gasteiger charge is -1.94. The van der Waals surface area contributed by atoms with Gasteiger partial charge in [-0.05, 0) is 36.6 Å². The number of benzene rings is 1. The first-order valence-corrected chi connectivity index (χ1v) is 5.77. The van der Waals surface area contributed by atoms with Crippen LogP contribution in [0.15, 0.2) is 24.3 Å². The van der Waals surface area contributed by atoms with Crippen LogP contribution in [0.5, 0.6) is 0 Å². The van der Waals surface area contributed by atoms with Crippen LogP contribution < -0.4 is 5.73 Å². The zero-order chi connectivity index (χ0) is 11.7. The summed E-state index contributed by atoms with van der Waals surface area (Å²) in [5.74, 6) is 2.35. The van der Waals surface area contributed by atoms with E-state index in [1.54, 1.807) is 0 Å². The maximum atomic E-state index is 5.71. The van der Waals surface area contributed by atoms with Gasteiger partial charge in [0.2, 0.25) is 0 Å². The van der Waals surface area contributed by atoms with Gasteiger partial charge in [-0.1, -0.05) is 18.2 Å². The lowest BCUT2D eigenvalue weighted by molar-refractivity contribution is 0.934. The van der Waals surface area contributed by atoms with E-state index < -0.39 is 0 Å². The Morgan fingerprint density at radius 3 is 2.94 bits per heavy atom. The predicted molar refractivity (Wildman–Crippen MR) is 68.1 cm³/mol. The molecule has 0 amide bonds. The molecule has 4 nitrogen and oxygen atoms in total. The minimum Gasteiger partial charge on any atom is -0.399 e. The lowest BCUT2D eigenvalue weighted by Crippen LogP contribution is -1.83. The number of nitrogen functional groups attached to an aromatic ring is 1. The summed E-state index contributed by atoms with van der Waals surface area (Å²) in [7, 11) is 0. The van der Waals surface area contributed by atoms with Crippen LogP contribution in [0.4, 0.5) is 5.69 Å². The second-order valence-corrected chi connectivity index (χ2v) is 4.36. The number of nitrogens with two attached hydrogens (primary N) is 1. The van der Waals surface area contributed by atoms with Crippen LogP contribution in [-0.2, 0) is 0 Å². The highest BCUT2D eigenvalue weighted by atomic mass is 15.2. The molecule has 1 aromatic heterocycles. The van der Waals surface area contributed by atoms with E-state index in [0.29, 0.717) is 5.92 Å². The number of aromatic amines is 1. The minimum atomic E-state index is 0.608. The highest BCUT2D eigenvalue weighted by Gasteiger charge is 2.26. The van der Waals surface area contributed by atoms with Crippen molar-refractivity contribution in [2.45, 2.75) is 18.8 Å². The van der Waals surface area contributed by atoms with Gasteiger partial charge in [0.05, 0.1) is 0 Å². The van der Waals surface area contributed by atoms with Crippen molar-refractivity contribution in [3.05, 3.63) is 41.5 Å². The molecule has 1 aliphatic carbocycles. The third-order valence-electron chi connectivity index (χ3n) is 2.82. The summed E-state index contributed by atoms with van der Waals surface area (Å²) >= 11 is 0. The SMILES string of the molecule is Nc1cccc(/C=C/c2n[nH]c(C3CC3)n2)c1. The summed E-state index contributed by atoms with van der Waals surface area (Å²) in [6.45, 7) is 0. The molecule has 2 aromatic rings. The van der Waals surface area contributed by atoms with Crippen LogP contribution in [0, 0.1) is 0 Å². The topological polar surface area (TPSA) is 67.6 Å². The molecule has 4 heteroatoms. The molecule has 1 fully saturated rings. The molecule has 0 radical (unpaired) electrons. The third kappa shape index (κ3) is 2.36. The largest absolute Gasteiger partial charge is 0.399 e. The van der Waals surface area contributed by atoms with Crippen molar-refractivity contribution in [3.63, 3.8) is 0 Å². The summed E-state index contributed by atoms with van der Waals surface area (Å²) in [4.78, 5) is 4.43. The van der Waals surface area contributed by atoms with E-state index in [9.17, 15) is 0 Å². The van der Waals surface area contributed by atoms with Crippen molar-refractivity contribution in [1.29, 1.82) is 0 Å². The molecule has 1 aromatic carbocycles. The van der Waals surface area contributed by atoms with Crippen LogP contribution >= 0.6 is 0 Å². The van der Waals surface area contributed by atoms with E-state index in [1.807, 2.05) is 36.4 Å². The maximum Gasteiger partial charge on any atom is 0.173 e. The van der Waals surface area contributed by atoms with Crippen LogP contribution in [0.2, 0.25) is 0 Å². The molecule has 0 atom stereocenters. The van der Waals surface area contributed by atoms with Gasteiger partial charge in [-0.25, -0.2) is 4.98 Å². The number of nitrogens with zero attached hydrogens (tertiary/aromatic N) is 2. The zero-order valence-electron chi connectivity index (χ0n) is 9.43. The summed E-state index contributed by atoms with van der Waals surface area (Å²) in [5.41, 5.74) is 7.53. The molecular weight excluding hydrogens is 212 g/mol. The van der Waals surface area contributed by atoms with Crippen molar-refractivity contribution < 1.29 is 0 Å². The molecule has 17 heavy (non-hydrogen) atoms. The Hall–Kier alpha value is -2.10. The van der Waals surface area contributed by atoms with Crippen molar-refractivity contribution in [1.82, 2.24) is 15.2 Å². The predicted octanol–water partition coefficient (Wildman–Crippen LogP) is 2.43. The third-order valence-corrected chi connectivity index (χ3v) is 2.82. The van der Waals surface area contributed by atoms with Crippen molar-refractivity contribution in [2.24, 2.45) is 0 Å². The molecule has 0 aliphatic heterocycles. The Morgan fingerprint density at radius 1 is 1.29 bits per heavy atom. The van der Waals surface area contributed by atoms with Gasteiger partial charge in [0.1, 0.15) is 5.82 Å². The Kier molecular flexibility index (Phi) is 2.40. The summed E-state index contributed by atoms with van der Waals surface area (Å²) in [6, 6.07) is 7.73. The fourth-order valence-electron chi connectivity index (χ4n) is 1.74. The number of nitrogens with one attached hydrogen (secondary N) is 1. The lowest BCUT2D eigenvalue weighted by atomic mass is 10.2. The smallest absolute Gasteiger partial charge is 0.173 e. The Labute approximate surface area is 99.6 Å². The van der Waals surface area contributed by atoms with Crippen molar-refractivity contribution >= 4 is 17.8 Å². The highest BCUT2D eigenvalue weighted by molar-refractivity contribution is 5.68. The molecular formula is C13H14N4. The van der Waals surface area contributed by atoms with Crippen LogP contribution in [0.3, 0.4) is 0 Å². The molecule has 0 saturated heterocycles. The van der Waals surface area contributed by atoms with Gasteiger partial charge in [0.25, 0.3) is 0 Å². The van der Waals surface area contributed by atoms with Crippen LogP contribution in [0.25, 0.3) is 12.2 Å². The maximum absolute atomic E-state index is 5.71. The van der Waals surface area contributed by atoms with Crippen molar-refractivity contribution in [2.75, 3.05) is 5.73 Å². The quantitative estimate of drug-likeness (QED) is 0.790. The number of anilines is 1. The molecule has 1 heterocycles. The summed E-state index contributed by atoms with van der Waals surface area (Å²) in [5, 5.41) is 7.14. The van der Waals surface area contributed by atoms with E-state index >= 15 is 0 Å². The van der Waals surface area contributed by atoms with Gasteiger partial charge in [0, 0.05) is 11.6 Å². The average molecular weight is 226 g/mol. The molecule has 3 N–H and O–H groups in total. The van der Waals surface area contributed by atoms with E-state index in [-0.39, 0.29) is 0 Å². The normalized spacial score (nSPS) is 15.5. The Balaban J connectivity index is 1.76. The molecule has 86 valence electrons. The number of aromatic nitrogens is 3. The first-order chi connectivity index (χ1) is 8.31. The summed E-state index contributed by atoms with van der Waals surface area (Å²) in [6.07, 6.45) is 6.33. The van der Waals surface area contributed by atoms with Crippen LogP contribution in [-0.4, -0.2) is 15.2 Å². The standard InChI is InChI=1S/C13H14N4/c14-11-3-1-2-9(8-11)4-7-12-15-13(17-16-12)10-5-6-10/h1-4,7-8,10H,5-6,14H2,(H,15,16,17)/b7-4+.